The number of hydrogen-bond donors (Lipinski definition) is 1. The Balaban J connectivity index is 2.17. The molecule has 0 aliphatic carbocycles. The maximum absolute atomic E-state index is 12.4. The quantitative estimate of drug-likeness (QED) is 0.830. The SMILES string of the molecule is CCCCN(C)C(=O)C(=O)NC(c1ccccc1)c1ccccc1. The number of amides is 2. The fourth-order valence-corrected chi connectivity index (χ4v) is 2.51. The van der Waals surface area contributed by atoms with Gasteiger partial charge in [-0.1, -0.05) is 74.0 Å². The average Bonchev–Trinajstić information content (AvgIpc) is 2.64. The molecule has 1 N–H and O–H groups in total. The topological polar surface area (TPSA) is 49.4 Å². The molecule has 2 rings (SSSR count). The number of carbonyl (C=O) groups is 2. The minimum absolute atomic E-state index is 0.344. The van der Waals surface area contributed by atoms with Gasteiger partial charge in [0.15, 0.2) is 0 Å². The van der Waals surface area contributed by atoms with Gasteiger partial charge in [0.2, 0.25) is 0 Å². The summed E-state index contributed by atoms with van der Waals surface area (Å²) in [6.07, 6.45) is 1.87. The monoisotopic (exact) mass is 324 g/mol. The largest absolute Gasteiger partial charge is 0.338 e. The van der Waals surface area contributed by atoms with Crippen LogP contribution in [0, 0.1) is 0 Å². The number of benzene rings is 2. The standard InChI is InChI=1S/C20H24N2O2/c1-3-4-15-22(2)20(24)19(23)21-18(16-11-7-5-8-12-16)17-13-9-6-10-14-17/h5-14,18H,3-4,15H2,1-2H3,(H,21,23). The van der Waals surface area contributed by atoms with E-state index in [1.165, 1.54) is 4.90 Å². The van der Waals surface area contributed by atoms with Gasteiger partial charge in [-0.05, 0) is 17.5 Å². The van der Waals surface area contributed by atoms with E-state index in [1.54, 1.807) is 7.05 Å². The first-order valence-electron chi connectivity index (χ1n) is 8.29. The molecule has 2 aromatic carbocycles. The summed E-state index contributed by atoms with van der Waals surface area (Å²) in [5.74, 6) is -1.08. The Morgan fingerprint density at radius 3 is 1.92 bits per heavy atom. The summed E-state index contributed by atoms with van der Waals surface area (Å²) in [6.45, 7) is 2.64. The first kappa shape index (κ1) is 17.7. The van der Waals surface area contributed by atoms with Gasteiger partial charge in [-0.3, -0.25) is 9.59 Å². The smallest absolute Gasteiger partial charge is 0.311 e. The number of hydrogen-bond acceptors (Lipinski definition) is 2. The van der Waals surface area contributed by atoms with Crippen LogP contribution in [0.25, 0.3) is 0 Å². The van der Waals surface area contributed by atoms with Crippen LogP contribution in [0.3, 0.4) is 0 Å². The Morgan fingerprint density at radius 1 is 0.958 bits per heavy atom. The summed E-state index contributed by atoms with van der Waals surface area (Å²) in [5.41, 5.74) is 1.89. The molecule has 0 radical (unpaired) electrons. The summed E-state index contributed by atoms with van der Waals surface area (Å²) >= 11 is 0. The van der Waals surface area contributed by atoms with Crippen LogP contribution in [-0.4, -0.2) is 30.3 Å². The molecule has 0 aliphatic heterocycles. The van der Waals surface area contributed by atoms with Crippen molar-refractivity contribution in [1.29, 1.82) is 0 Å². The first-order valence-corrected chi connectivity index (χ1v) is 8.29. The van der Waals surface area contributed by atoms with Crippen LogP contribution in [0.15, 0.2) is 60.7 Å². The van der Waals surface area contributed by atoms with E-state index in [0.29, 0.717) is 6.54 Å². The van der Waals surface area contributed by atoms with Crippen molar-refractivity contribution in [3.63, 3.8) is 0 Å². The maximum atomic E-state index is 12.4. The van der Waals surface area contributed by atoms with Crippen LogP contribution in [0.1, 0.15) is 36.9 Å². The first-order chi connectivity index (χ1) is 11.6. The predicted octanol–water partition coefficient (Wildman–Crippen LogP) is 3.15. The number of rotatable bonds is 6. The highest BCUT2D eigenvalue weighted by atomic mass is 16.2. The van der Waals surface area contributed by atoms with Crippen LogP contribution in [0.2, 0.25) is 0 Å². The van der Waals surface area contributed by atoms with E-state index in [4.69, 9.17) is 0 Å². The fourth-order valence-electron chi connectivity index (χ4n) is 2.51. The second-order valence-electron chi connectivity index (χ2n) is 5.81. The fraction of sp³-hybridized carbons (Fsp3) is 0.300. The summed E-state index contributed by atoms with van der Waals surface area (Å²) in [7, 11) is 1.66. The lowest BCUT2D eigenvalue weighted by Crippen LogP contribution is -2.43. The minimum Gasteiger partial charge on any atom is -0.338 e. The molecule has 2 amide bonds. The van der Waals surface area contributed by atoms with E-state index in [0.717, 1.165) is 24.0 Å². The van der Waals surface area contributed by atoms with Crippen molar-refractivity contribution in [3.05, 3.63) is 71.8 Å². The summed E-state index contributed by atoms with van der Waals surface area (Å²) in [4.78, 5) is 26.1. The van der Waals surface area contributed by atoms with Gasteiger partial charge >= 0.3 is 11.8 Å². The molecule has 24 heavy (non-hydrogen) atoms. The second kappa shape index (κ2) is 8.87. The Morgan fingerprint density at radius 2 is 1.46 bits per heavy atom. The van der Waals surface area contributed by atoms with Gasteiger partial charge < -0.3 is 10.2 Å². The van der Waals surface area contributed by atoms with E-state index < -0.39 is 11.8 Å². The number of nitrogens with one attached hydrogen (secondary N) is 1. The molecule has 0 heterocycles. The Kier molecular flexibility index (Phi) is 6.55. The molecule has 0 atom stereocenters. The molecule has 0 unspecified atom stereocenters. The van der Waals surface area contributed by atoms with Gasteiger partial charge in [0.1, 0.15) is 0 Å². The summed E-state index contributed by atoms with van der Waals surface area (Å²) in [6, 6.07) is 19.0. The van der Waals surface area contributed by atoms with Gasteiger partial charge in [0.05, 0.1) is 6.04 Å². The third kappa shape index (κ3) is 4.69. The van der Waals surface area contributed by atoms with E-state index in [-0.39, 0.29) is 6.04 Å². The van der Waals surface area contributed by atoms with Gasteiger partial charge in [0.25, 0.3) is 0 Å². The third-order valence-corrected chi connectivity index (χ3v) is 3.93. The lowest BCUT2D eigenvalue weighted by atomic mass is 9.98. The van der Waals surface area contributed by atoms with E-state index in [9.17, 15) is 9.59 Å². The van der Waals surface area contributed by atoms with Crippen molar-refractivity contribution in [1.82, 2.24) is 10.2 Å². The Labute approximate surface area is 143 Å². The van der Waals surface area contributed by atoms with E-state index in [1.807, 2.05) is 60.7 Å². The van der Waals surface area contributed by atoms with Gasteiger partial charge in [-0.15, -0.1) is 0 Å². The molecule has 0 saturated carbocycles. The maximum Gasteiger partial charge on any atom is 0.311 e. The highest BCUT2D eigenvalue weighted by Gasteiger charge is 2.23. The highest BCUT2D eigenvalue weighted by Crippen LogP contribution is 2.21. The van der Waals surface area contributed by atoms with Crippen molar-refractivity contribution >= 4 is 11.8 Å². The molecular formula is C20H24N2O2. The van der Waals surface area contributed by atoms with Gasteiger partial charge in [-0.25, -0.2) is 0 Å². The zero-order chi connectivity index (χ0) is 17.4. The van der Waals surface area contributed by atoms with Gasteiger partial charge in [-0.2, -0.15) is 0 Å². The zero-order valence-electron chi connectivity index (χ0n) is 14.2. The van der Waals surface area contributed by atoms with Gasteiger partial charge in [0, 0.05) is 13.6 Å². The lowest BCUT2D eigenvalue weighted by Gasteiger charge is -2.22. The van der Waals surface area contributed by atoms with Crippen molar-refractivity contribution in [2.75, 3.05) is 13.6 Å². The Bertz CT molecular complexity index is 616. The van der Waals surface area contributed by atoms with Crippen LogP contribution >= 0.6 is 0 Å². The third-order valence-electron chi connectivity index (χ3n) is 3.93. The molecule has 0 aliphatic rings. The Hall–Kier alpha value is -2.62. The van der Waals surface area contributed by atoms with Crippen LogP contribution in [0.4, 0.5) is 0 Å². The van der Waals surface area contributed by atoms with E-state index >= 15 is 0 Å². The number of likely N-dealkylation sites (N-methyl/N-ethyl adjacent to an activating group) is 1. The normalized spacial score (nSPS) is 10.5. The zero-order valence-corrected chi connectivity index (χ0v) is 14.2. The van der Waals surface area contributed by atoms with Crippen molar-refractivity contribution in [2.45, 2.75) is 25.8 Å². The van der Waals surface area contributed by atoms with Crippen molar-refractivity contribution in [2.24, 2.45) is 0 Å². The molecular weight excluding hydrogens is 300 g/mol. The molecule has 0 spiro atoms. The van der Waals surface area contributed by atoms with Crippen molar-refractivity contribution < 1.29 is 9.59 Å². The molecule has 126 valence electrons. The predicted molar refractivity (Wildman–Crippen MR) is 95.4 cm³/mol. The second-order valence-corrected chi connectivity index (χ2v) is 5.81. The van der Waals surface area contributed by atoms with Crippen molar-refractivity contribution in [3.8, 4) is 0 Å². The molecule has 4 nitrogen and oxygen atoms in total. The number of carbonyl (C=O) groups excluding carboxylic acids is 2. The molecule has 0 saturated heterocycles. The molecule has 4 heteroatoms. The molecule has 2 aromatic rings. The average molecular weight is 324 g/mol. The van der Waals surface area contributed by atoms with Crippen LogP contribution in [0.5, 0.6) is 0 Å². The molecule has 0 bridgehead atoms. The molecule has 0 aromatic heterocycles. The highest BCUT2D eigenvalue weighted by molar-refractivity contribution is 6.35. The lowest BCUT2D eigenvalue weighted by molar-refractivity contribution is -0.145. The number of unbranched alkanes of at least 4 members (excludes halogenated alkanes) is 1. The minimum atomic E-state index is -0.577. The summed E-state index contributed by atoms with van der Waals surface area (Å²) < 4.78 is 0. The van der Waals surface area contributed by atoms with E-state index in [2.05, 4.69) is 12.2 Å². The molecule has 0 fully saturated rings. The number of nitrogens with zero attached hydrogens (tertiary/aromatic N) is 1. The summed E-state index contributed by atoms with van der Waals surface area (Å²) in [5, 5.41) is 2.88. The van der Waals surface area contributed by atoms with Crippen LogP contribution < -0.4 is 5.32 Å². The van der Waals surface area contributed by atoms with Crippen LogP contribution in [-0.2, 0) is 9.59 Å².